The van der Waals surface area contributed by atoms with Gasteiger partial charge in [0, 0.05) is 12.8 Å². The van der Waals surface area contributed by atoms with Gasteiger partial charge in [0.05, 0.1) is 13.1 Å². The zero-order chi connectivity index (χ0) is 18.6. The molecule has 0 spiro atoms. The lowest BCUT2D eigenvalue weighted by atomic mass is 10.2. The van der Waals surface area contributed by atoms with Crippen molar-refractivity contribution in [1.82, 2.24) is 4.90 Å². The standard InChI is InChI=1S/C5H10NO7P.C5H8O4/c7-4(8)1-6(2-5(9)10)3-14(11,12)13;6-4(7)2-1-3-5(8)9/h1-3H2,(H,7,8)(H,9,10)(H2,11,12,13);1-3H2,(H,6,7)(H,8,9). The summed E-state index contributed by atoms with van der Waals surface area (Å²) in [4.78, 5) is 57.6. The minimum atomic E-state index is -4.44. The first-order valence-corrected chi connectivity index (χ1v) is 7.77. The van der Waals surface area contributed by atoms with Crippen molar-refractivity contribution in [3.8, 4) is 0 Å². The van der Waals surface area contributed by atoms with Gasteiger partial charge in [-0.05, 0) is 6.42 Å². The molecule has 13 heteroatoms. The Labute approximate surface area is 130 Å². The van der Waals surface area contributed by atoms with Gasteiger partial charge >= 0.3 is 31.5 Å². The van der Waals surface area contributed by atoms with Crippen molar-refractivity contribution in [2.24, 2.45) is 0 Å². The van der Waals surface area contributed by atoms with Crippen molar-refractivity contribution >= 4 is 31.5 Å². The Balaban J connectivity index is 0. The van der Waals surface area contributed by atoms with E-state index in [2.05, 4.69) is 0 Å². The van der Waals surface area contributed by atoms with Gasteiger partial charge in [0.2, 0.25) is 0 Å². The minimum absolute atomic E-state index is 0.0632. The van der Waals surface area contributed by atoms with E-state index < -0.39 is 50.8 Å². The number of carbonyl (C=O) groups is 4. The van der Waals surface area contributed by atoms with Gasteiger partial charge < -0.3 is 30.2 Å². The summed E-state index contributed by atoms with van der Waals surface area (Å²) in [5.74, 6) is -4.59. The van der Waals surface area contributed by atoms with Crippen LogP contribution in [0.1, 0.15) is 19.3 Å². The predicted octanol–water partition coefficient (Wildman–Crippen LogP) is -1.08. The summed E-state index contributed by atoms with van der Waals surface area (Å²) in [6, 6.07) is 0. The number of nitrogens with zero attached hydrogens (tertiary/aromatic N) is 1. The summed E-state index contributed by atoms with van der Waals surface area (Å²) in [7, 11) is -4.44. The van der Waals surface area contributed by atoms with E-state index in [9.17, 15) is 23.7 Å². The summed E-state index contributed by atoms with van der Waals surface area (Å²) in [5, 5.41) is 32.7. The third-order valence-corrected chi connectivity index (χ3v) is 2.65. The lowest BCUT2D eigenvalue weighted by Gasteiger charge is -2.17. The van der Waals surface area contributed by atoms with E-state index in [1.165, 1.54) is 0 Å². The van der Waals surface area contributed by atoms with Crippen LogP contribution in [-0.4, -0.2) is 78.4 Å². The van der Waals surface area contributed by atoms with E-state index >= 15 is 0 Å². The average molecular weight is 359 g/mol. The molecule has 0 atom stereocenters. The second-order valence-corrected chi connectivity index (χ2v) is 5.83. The molecule has 134 valence electrons. The Kier molecular flexibility index (Phi) is 11.7. The topological polar surface area (TPSA) is 210 Å². The van der Waals surface area contributed by atoms with Crippen LogP contribution in [0.4, 0.5) is 0 Å². The van der Waals surface area contributed by atoms with E-state index in [0.29, 0.717) is 4.90 Å². The van der Waals surface area contributed by atoms with E-state index in [-0.39, 0.29) is 19.3 Å². The molecule has 0 aromatic heterocycles. The molecule has 0 saturated carbocycles. The zero-order valence-corrected chi connectivity index (χ0v) is 12.8. The SMILES string of the molecule is O=C(O)CCCC(=O)O.O=C(O)CN(CC(=O)O)CP(=O)(O)O. The molecule has 0 fully saturated rings. The number of hydrogen-bond acceptors (Lipinski definition) is 6. The minimum Gasteiger partial charge on any atom is -0.481 e. The van der Waals surface area contributed by atoms with E-state index in [0.717, 1.165) is 0 Å². The van der Waals surface area contributed by atoms with Gasteiger partial charge in [0.1, 0.15) is 6.29 Å². The first-order chi connectivity index (χ1) is 10.3. The maximum atomic E-state index is 10.5. The summed E-state index contributed by atoms with van der Waals surface area (Å²) in [5.41, 5.74) is 0. The van der Waals surface area contributed by atoms with Gasteiger partial charge in [-0.15, -0.1) is 0 Å². The van der Waals surface area contributed by atoms with Gasteiger partial charge in [-0.1, -0.05) is 0 Å². The fourth-order valence-corrected chi connectivity index (χ4v) is 1.91. The van der Waals surface area contributed by atoms with Crippen LogP contribution in [0.2, 0.25) is 0 Å². The molecule has 0 aromatic carbocycles. The van der Waals surface area contributed by atoms with Gasteiger partial charge in [-0.2, -0.15) is 0 Å². The largest absolute Gasteiger partial charge is 0.481 e. The maximum Gasteiger partial charge on any atom is 0.339 e. The van der Waals surface area contributed by atoms with Crippen molar-refractivity contribution in [2.45, 2.75) is 19.3 Å². The number of aliphatic carboxylic acids is 4. The fourth-order valence-electron chi connectivity index (χ4n) is 1.19. The van der Waals surface area contributed by atoms with Crippen molar-refractivity contribution < 1.29 is 54.0 Å². The van der Waals surface area contributed by atoms with Crippen LogP contribution in [0.3, 0.4) is 0 Å². The highest BCUT2D eigenvalue weighted by Gasteiger charge is 2.22. The van der Waals surface area contributed by atoms with Crippen LogP contribution in [0, 0.1) is 0 Å². The molecule has 0 aliphatic rings. The number of carboxylic acid groups (broad SMARTS) is 4. The normalized spacial score (nSPS) is 10.6. The molecule has 0 saturated heterocycles. The number of hydrogen-bond donors (Lipinski definition) is 6. The van der Waals surface area contributed by atoms with E-state index in [1.54, 1.807) is 0 Å². The Morgan fingerprint density at radius 2 is 1.09 bits per heavy atom. The Hall–Kier alpha value is -2.01. The van der Waals surface area contributed by atoms with Crippen molar-refractivity contribution in [2.75, 3.05) is 19.4 Å². The molecule has 23 heavy (non-hydrogen) atoms. The number of carboxylic acids is 4. The van der Waals surface area contributed by atoms with Gasteiger partial charge in [0.25, 0.3) is 0 Å². The highest BCUT2D eigenvalue weighted by atomic mass is 31.2. The molecule has 6 N–H and O–H groups in total. The van der Waals surface area contributed by atoms with Gasteiger partial charge in [0.15, 0.2) is 0 Å². The summed E-state index contributed by atoms with van der Waals surface area (Å²) in [6.45, 7) is -1.45. The quantitative estimate of drug-likeness (QED) is 0.257. The monoisotopic (exact) mass is 359 g/mol. The van der Waals surface area contributed by atoms with Crippen LogP contribution < -0.4 is 0 Å². The van der Waals surface area contributed by atoms with Gasteiger partial charge in [-0.25, -0.2) is 0 Å². The molecule has 0 aliphatic carbocycles. The molecule has 0 aliphatic heterocycles. The molecule has 0 rings (SSSR count). The van der Waals surface area contributed by atoms with Crippen LogP contribution in [0.25, 0.3) is 0 Å². The van der Waals surface area contributed by atoms with Crippen molar-refractivity contribution in [3.05, 3.63) is 0 Å². The summed E-state index contributed by atoms with van der Waals surface area (Å²) >= 11 is 0. The average Bonchev–Trinajstić information content (AvgIpc) is 2.23. The van der Waals surface area contributed by atoms with Crippen LogP contribution >= 0.6 is 7.60 Å². The predicted molar refractivity (Wildman–Crippen MR) is 72.9 cm³/mol. The van der Waals surface area contributed by atoms with Crippen LogP contribution in [-0.2, 0) is 23.7 Å². The summed E-state index contributed by atoms with van der Waals surface area (Å²) < 4.78 is 10.5. The summed E-state index contributed by atoms with van der Waals surface area (Å²) in [6.07, 6.45) is -0.797. The van der Waals surface area contributed by atoms with Gasteiger partial charge in [-0.3, -0.25) is 28.6 Å². The maximum absolute atomic E-state index is 10.5. The number of rotatable bonds is 10. The lowest BCUT2D eigenvalue weighted by Crippen LogP contribution is -2.35. The molecule has 0 bridgehead atoms. The molecule has 0 aromatic rings. The van der Waals surface area contributed by atoms with E-state index in [1.807, 2.05) is 0 Å². The Morgan fingerprint density at radius 3 is 1.30 bits per heavy atom. The zero-order valence-electron chi connectivity index (χ0n) is 11.9. The second kappa shape index (κ2) is 11.5. The van der Waals surface area contributed by atoms with E-state index in [4.69, 9.17) is 30.2 Å². The molecule has 12 nitrogen and oxygen atoms in total. The molecular formula is C10H18NO11P. The molecule has 0 unspecified atom stereocenters. The second-order valence-electron chi connectivity index (χ2n) is 4.22. The molecule has 0 radical (unpaired) electrons. The molecule has 0 heterocycles. The van der Waals surface area contributed by atoms with Crippen molar-refractivity contribution in [1.29, 1.82) is 0 Å². The highest BCUT2D eigenvalue weighted by Crippen LogP contribution is 2.34. The lowest BCUT2D eigenvalue weighted by molar-refractivity contribution is -0.142. The molecular weight excluding hydrogens is 341 g/mol. The first-order valence-electron chi connectivity index (χ1n) is 5.97. The van der Waals surface area contributed by atoms with Crippen LogP contribution in [0.5, 0.6) is 0 Å². The fraction of sp³-hybridized carbons (Fsp3) is 0.600. The van der Waals surface area contributed by atoms with Crippen LogP contribution in [0.15, 0.2) is 0 Å². The Morgan fingerprint density at radius 1 is 0.739 bits per heavy atom. The molecule has 0 amide bonds. The third-order valence-electron chi connectivity index (χ3n) is 1.88. The first kappa shape index (κ1) is 23.3. The smallest absolute Gasteiger partial charge is 0.339 e. The third kappa shape index (κ3) is 22.4. The highest BCUT2D eigenvalue weighted by molar-refractivity contribution is 7.51. The van der Waals surface area contributed by atoms with Crippen molar-refractivity contribution in [3.63, 3.8) is 0 Å². The Bertz CT molecular complexity index is 441.